The smallest absolute Gasteiger partial charge is 0.333 e. The summed E-state index contributed by atoms with van der Waals surface area (Å²) in [5.41, 5.74) is 0.0279. The summed E-state index contributed by atoms with van der Waals surface area (Å²) in [4.78, 5) is 24.0. The first-order valence-electron chi connectivity index (χ1n) is 7.53. The standard InChI is InChI=1S/C17H26O3/c1-4-5-6-7-8-11-15(18)17(2)12-9-10-14(13-17)16(19)20-3/h9-10,12H,4-8,11,13H2,1-3H3. The quantitative estimate of drug-likeness (QED) is 0.498. The van der Waals surface area contributed by atoms with Crippen LogP contribution in [0.2, 0.25) is 0 Å². The van der Waals surface area contributed by atoms with Gasteiger partial charge in [-0.3, -0.25) is 4.79 Å². The molecule has 1 aliphatic carbocycles. The molecule has 0 aromatic heterocycles. The van der Waals surface area contributed by atoms with Crippen molar-refractivity contribution in [1.82, 2.24) is 0 Å². The molecule has 112 valence electrons. The Bertz CT molecular complexity index is 406. The fourth-order valence-corrected chi connectivity index (χ4v) is 2.53. The maximum absolute atomic E-state index is 12.4. The highest BCUT2D eigenvalue weighted by Gasteiger charge is 2.34. The second-order valence-corrected chi connectivity index (χ2v) is 5.72. The highest BCUT2D eigenvalue weighted by molar-refractivity contribution is 5.93. The van der Waals surface area contributed by atoms with Gasteiger partial charge in [0, 0.05) is 17.4 Å². The number of hydrogen-bond donors (Lipinski definition) is 0. The molecule has 0 saturated carbocycles. The number of carbonyl (C=O) groups is 2. The third kappa shape index (κ3) is 4.62. The van der Waals surface area contributed by atoms with E-state index in [1.165, 1.54) is 26.4 Å². The number of esters is 1. The molecule has 0 aliphatic heterocycles. The molecule has 20 heavy (non-hydrogen) atoms. The van der Waals surface area contributed by atoms with E-state index in [9.17, 15) is 9.59 Å². The highest BCUT2D eigenvalue weighted by Crippen LogP contribution is 2.34. The van der Waals surface area contributed by atoms with Crippen molar-refractivity contribution in [3.8, 4) is 0 Å². The topological polar surface area (TPSA) is 43.4 Å². The minimum atomic E-state index is -0.553. The zero-order valence-corrected chi connectivity index (χ0v) is 12.9. The summed E-state index contributed by atoms with van der Waals surface area (Å²) in [6.45, 7) is 4.09. The van der Waals surface area contributed by atoms with Gasteiger partial charge in [0.1, 0.15) is 5.78 Å². The third-order valence-corrected chi connectivity index (χ3v) is 3.91. The minimum Gasteiger partial charge on any atom is -0.466 e. The van der Waals surface area contributed by atoms with Crippen LogP contribution in [0.15, 0.2) is 23.8 Å². The summed E-state index contributed by atoms with van der Waals surface area (Å²) >= 11 is 0. The van der Waals surface area contributed by atoms with Gasteiger partial charge in [-0.25, -0.2) is 4.79 Å². The Kier molecular flexibility index (Phi) is 6.69. The Morgan fingerprint density at radius 2 is 1.95 bits per heavy atom. The Labute approximate surface area is 122 Å². The molecule has 1 unspecified atom stereocenters. The van der Waals surface area contributed by atoms with Gasteiger partial charge < -0.3 is 4.74 Å². The van der Waals surface area contributed by atoms with Crippen LogP contribution in [-0.4, -0.2) is 18.9 Å². The second-order valence-electron chi connectivity index (χ2n) is 5.72. The average molecular weight is 278 g/mol. The van der Waals surface area contributed by atoms with Crippen molar-refractivity contribution in [2.45, 2.75) is 58.8 Å². The summed E-state index contributed by atoms with van der Waals surface area (Å²) < 4.78 is 4.74. The zero-order chi connectivity index (χ0) is 15.0. The fraction of sp³-hybridized carbons (Fsp3) is 0.647. The van der Waals surface area contributed by atoms with Crippen LogP contribution in [0.25, 0.3) is 0 Å². The average Bonchev–Trinajstić information content (AvgIpc) is 2.46. The van der Waals surface area contributed by atoms with E-state index in [2.05, 4.69) is 6.92 Å². The number of allylic oxidation sites excluding steroid dienone is 3. The summed E-state index contributed by atoms with van der Waals surface area (Å²) in [5.74, 6) is -0.115. The predicted octanol–water partition coefficient (Wildman–Crippen LogP) is 3.98. The van der Waals surface area contributed by atoms with Crippen molar-refractivity contribution in [3.63, 3.8) is 0 Å². The molecule has 1 atom stereocenters. The van der Waals surface area contributed by atoms with Crippen LogP contribution in [0.4, 0.5) is 0 Å². The molecule has 0 spiro atoms. The first-order chi connectivity index (χ1) is 9.53. The molecule has 0 aromatic carbocycles. The molecular weight excluding hydrogens is 252 g/mol. The molecule has 0 N–H and O–H groups in total. The number of Topliss-reactive ketones (excluding diaryl/α,β-unsaturated/α-hetero) is 1. The van der Waals surface area contributed by atoms with Crippen molar-refractivity contribution in [3.05, 3.63) is 23.8 Å². The van der Waals surface area contributed by atoms with E-state index >= 15 is 0 Å². The van der Waals surface area contributed by atoms with Crippen LogP contribution in [0.5, 0.6) is 0 Å². The monoisotopic (exact) mass is 278 g/mol. The minimum absolute atomic E-state index is 0.222. The fourth-order valence-electron chi connectivity index (χ4n) is 2.53. The van der Waals surface area contributed by atoms with Crippen molar-refractivity contribution in [2.24, 2.45) is 5.41 Å². The first kappa shape index (κ1) is 16.7. The predicted molar refractivity (Wildman–Crippen MR) is 80.3 cm³/mol. The number of rotatable bonds is 8. The number of hydrogen-bond acceptors (Lipinski definition) is 3. The van der Waals surface area contributed by atoms with E-state index in [4.69, 9.17) is 4.74 Å². The molecule has 1 rings (SSSR count). The molecule has 0 heterocycles. The van der Waals surface area contributed by atoms with Gasteiger partial charge in [0.15, 0.2) is 0 Å². The molecule has 3 heteroatoms. The SMILES string of the molecule is CCCCCCCC(=O)C1(C)C=CC=C(C(=O)OC)C1. The van der Waals surface area contributed by atoms with Gasteiger partial charge in [0.25, 0.3) is 0 Å². The van der Waals surface area contributed by atoms with Crippen LogP contribution < -0.4 is 0 Å². The second kappa shape index (κ2) is 8.03. The molecule has 0 amide bonds. The van der Waals surface area contributed by atoms with Gasteiger partial charge in [-0.1, -0.05) is 50.8 Å². The number of carbonyl (C=O) groups excluding carboxylic acids is 2. The lowest BCUT2D eigenvalue weighted by Gasteiger charge is -2.27. The maximum Gasteiger partial charge on any atom is 0.333 e. The van der Waals surface area contributed by atoms with Gasteiger partial charge in [0.2, 0.25) is 0 Å². The molecule has 0 radical (unpaired) electrons. The zero-order valence-electron chi connectivity index (χ0n) is 12.9. The normalized spacial score (nSPS) is 21.4. The Balaban J connectivity index is 2.49. The number of ether oxygens (including phenoxy) is 1. The highest BCUT2D eigenvalue weighted by atomic mass is 16.5. The molecule has 0 fully saturated rings. The van der Waals surface area contributed by atoms with Crippen LogP contribution in [-0.2, 0) is 14.3 Å². The number of unbranched alkanes of at least 4 members (excludes halogenated alkanes) is 4. The Hall–Kier alpha value is -1.38. The Morgan fingerprint density at radius 3 is 2.60 bits per heavy atom. The van der Waals surface area contributed by atoms with Crippen molar-refractivity contribution < 1.29 is 14.3 Å². The largest absolute Gasteiger partial charge is 0.466 e. The van der Waals surface area contributed by atoms with Gasteiger partial charge in [-0.2, -0.15) is 0 Å². The summed E-state index contributed by atoms with van der Waals surface area (Å²) in [5, 5.41) is 0. The van der Waals surface area contributed by atoms with Crippen molar-refractivity contribution in [2.75, 3.05) is 7.11 Å². The van der Waals surface area contributed by atoms with E-state index in [0.29, 0.717) is 18.4 Å². The maximum atomic E-state index is 12.4. The first-order valence-corrected chi connectivity index (χ1v) is 7.53. The molecule has 0 bridgehead atoms. The van der Waals surface area contributed by atoms with Gasteiger partial charge in [-0.15, -0.1) is 0 Å². The summed E-state index contributed by atoms with van der Waals surface area (Å²) in [6, 6.07) is 0. The van der Waals surface area contributed by atoms with E-state index in [-0.39, 0.29) is 11.8 Å². The third-order valence-electron chi connectivity index (χ3n) is 3.91. The molecule has 0 aromatic rings. The van der Waals surface area contributed by atoms with Crippen molar-refractivity contribution >= 4 is 11.8 Å². The molecule has 1 aliphatic rings. The summed E-state index contributed by atoms with van der Waals surface area (Å²) in [7, 11) is 1.37. The molecule has 3 nitrogen and oxygen atoms in total. The lowest BCUT2D eigenvalue weighted by molar-refractivity contribution is -0.136. The molecular formula is C17H26O3. The molecule has 0 saturated heterocycles. The van der Waals surface area contributed by atoms with Crippen LogP contribution >= 0.6 is 0 Å². The van der Waals surface area contributed by atoms with Crippen LogP contribution in [0.3, 0.4) is 0 Å². The van der Waals surface area contributed by atoms with Gasteiger partial charge in [0.05, 0.1) is 7.11 Å². The van der Waals surface area contributed by atoms with Crippen molar-refractivity contribution in [1.29, 1.82) is 0 Å². The Morgan fingerprint density at radius 1 is 1.25 bits per heavy atom. The summed E-state index contributed by atoms with van der Waals surface area (Å²) in [6.07, 6.45) is 12.2. The van der Waals surface area contributed by atoms with Crippen LogP contribution in [0, 0.1) is 5.41 Å². The lowest BCUT2D eigenvalue weighted by Crippen LogP contribution is -2.29. The van der Waals surface area contributed by atoms with E-state index in [0.717, 1.165) is 12.8 Å². The number of methoxy groups -OCH3 is 1. The number of ketones is 1. The van der Waals surface area contributed by atoms with E-state index in [1.54, 1.807) is 12.2 Å². The van der Waals surface area contributed by atoms with Gasteiger partial charge >= 0.3 is 5.97 Å². The van der Waals surface area contributed by atoms with Crippen LogP contribution in [0.1, 0.15) is 58.8 Å². The van der Waals surface area contributed by atoms with Gasteiger partial charge in [-0.05, 0) is 19.8 Å². The lowest BCUT2D eigenvalue weighted by atomic mass is 9.75. The van der Waals surface area contributed by atoms with E-state index in [1.807, 2.05) is 13.0 Å². The van der Waals surface area contributed by atoms with E-state index < -0.39 is 5.41 Å².